The van der Waals surface area contributed by atoms with Crippen LogP contribution >= 0.6 is 0 Å². The van der Waals surface area contributed by atoms with Gasteiger partial charge in [-0.1, -0.05) is 42.0 Å². The van der Waals surface area contributed by atoms with Crippen molar-refractivity contribution in [1.82, 2.24) is 14.2 Å². The van der Waals surface area contributed by atoms with Gasteiger partial charge in [0.25, 0.3) is 0 Å². The third-order valence-electron chi connectivity index (χ3n) is 5.44. The Kier molecular flexibility index (Phi) is 6.15. The van der Waals surface area contributed by atoms with Gasteiger partial charge >= 0.3 is 0 Å². The van der Waals surface area contributed by atoms with E-state index < -0.39 is 10.0 Å². The summed E-state index contributed by atoms with van der Waals surface area (Å²) in [4.78, 5) is 19.2. The highest BCUT2D eigenvalue weighted by Crippen LogP contribution is 2.19. The molecule has 0 bridgehead atoms. The van der Waals surface area contributed by atoms with Gasteiger partial charge in [0.05, 0.1) is 16.1 Å². The van der Waals surface area contributed by atoms with E-state index in [1.165, 1.54) is 10.4 Å². The van der Waals surface area contributed by atoms with Crippen LogP contribution in [0.2, 0.25) is 0 Å². The predicted octanol–water partition coefficient (Wildman–Crippen LogP) is 3.48. The molecule has 0 atom stereocenters. The summed E-state index contributed by atoms with van der Waals surface area (Å²) < 4.78 is 27.4. The number of fused-ring (bicyclic) bond motifs is 1. The Bertz CT molecular complexity index is 1220. The molecule has 1 saturated heterocycles. The van der Waals surface area contributed by atoms with Crippen molar-refractivity contribution in [3.8, 4) is 0 Å². The molecule has 0 radical (unpaired) electrons. The number of sulfonamides is 1. The third kappa shape index (κ3) is 4.84. The SMILES string of the molecule is Cc1ccc(S(=O)(=O)N2CCCN(C(=O)/C=C/c3ccc4ccccc4n3)CC2)cc1. The molecule has 3 aromatic rings. The van der Waals surface area contributed by atoms with Crippen LogP contribution in [-0.2, 0) is 14.8 Å². The topological polar surface area (TPSA) is 70.6 Å². The molecule has 4 rings (SSSR count). The van der Waals surface area contributed by atoms with E-state index in [4.69, 9.17) is 0 Å². The van der Waals surface area contributed by atoms with Crippen LogP contribution in [0.15, 0.2) is 71.6 Å². The lowest BCUT2D eigenvalue weighted by molar-refractivity contribution is -0.125. The molecular formula is C24H25N3O3S. The lowest BCUT2D eigenvalue weighted by Crippen LogP contribution is -2.36. The van der Waals surface area contributed by atoms with E-state index >= 15 is 0 Å². The van der Waals surface area contributed by atoms with E-state index in [0.29, 0.717) is 36.6 Å². The lowest BCUT2D eigenvalue weighted by Gasteiger charge is -2.21. The number of carbonyl (C=O) groups is 1. The largest absolute Gasteiger partial charge is 0.338 e. The number of pyridine rings is 1. The fraction of sp³-hybridized carbons (Fsp3) is 0.250. The van der Waals surface area contributed by atoms with E-state index in [1.54, 1.807) is 35.2 Å². The molecule has 2 heterocycles. The molecule has 1 aliphatic rings. The van der Waals surface area contributed by atoms with E-state index in [-0.39, 0.29) is 12.5 Å². The van der Waals surface area contributed by atoms with E-state index in [0.717, 1.165) is 16.5 Å². The summed E-state index contributed by atoms with van der Waals surface area (Å²) in [5.74, 6) is -0.135. The Morgan fingerprint density at radius 3 is 2.52 bits per heavy atom. The van der Waals surface area contributed by atoms with E-state index in [9.17, 15) is 13.2 Å². The number of aryl methyl sites for hydroxylation is 1. The van der Waals surface area contributed by atoms with Crippen LogP contribution in [0, 0.1) is 6.92 Å². The van der Waals surface area contributed by atoms with Crippen LogP contribution in [0.5, 0.6) is 0 Å². The first kappa shape index (κ1) is 21.2. The van der Waals surface area contributed by atoms with Gasteiger partial charge < -0.3 is 4.90 Å². The standard InChI is InChI=1S/C24H25N3O3S/c1-19-7-12-22(13-8-19)31(29,30)27-16-4-15-26(17-18-27)24(28)14-11-21-10-9-20-5-2-3-6-23(20)25-21/h2-3,5-14H,4,15-18H2,1H3/b14-11+. The van der Waals surface area contributed by atoms with E-state index in [2.05, 4.69) is 4.98 Å². The Labute approximate surface area is 182 Å². The summed E-state index contributed by atoms with van der Waals surface area (Å²) in [6.07, 6.45) is 3.82. The van der Waals surface area contributed by atoms with E-state index in [1.807, 2.05) is 43.3 Å². The molecule has 2 aromatic carbocycles. The molecule has 1 aliphatic heterocycles. The maximum Gasteiger partial charge on any atom is 0.246 e. The average Bonchev–Trinajstić information content (AvgIpc) is 3.05. The molecule has 0 aliphatic carbocycles. The van der Waals surface area contributed by atoms with Gasteiger partial charge in [0.2, 0.25) is 15.9 Å². The number of hydrogen-bond acceptors (Lipinski definition) is 4. The summed E-state index contributed by atoms with van der Waals surface area (Å²) in [5, 5.41) is 1.05. The van der Waals surface area contributed by atoms with Crippen molar-refractivity contribution in [3.63, 3.8) is 0 Å². The van der Waals surface area contributed by atoms with Gasteiger partial charge in [-0.2, -0.15) is 4.31 Å². The quantitative estimate of drug-likeness (QED) is 0.589. The number of carbonyl (C=O) groups excluding carboxylic acids is 1. The van der Waals surface area contributed by atoms with Crippen LogP contribution in [0.1, 0.15) is 17.7 Å². The summed E-state index contributed by atoms with van der Waals surface area (Å²) in [5.41, 5.74) is 2.61. The molecule has 1 fully saturated rings. The van der Waals surface area contributed by atoms with Crippen molar-refractivity contribution in [2.24, 2.45) is 0 Å². The van der Waals surface area contributed by atoms with Crippen LogP contribution < -0.4 is 0 Å². The Balaban J connectivity index is 1.42. The van der Waals surface area contributed by atoms with Crippen LogP contribution in [0.3, 0.4) is 0 Å². The summed E-state index contributed by atoms with van der Waals surface area (Å²) in [6.45, 7) is 3.49. The zero-order valence-corrected chi connectivity index (χ0v) is 18.3. The highest BCUT2D eigenvalue weighted by atomic mass is 32.2. The number of nitrogens with zero attached hydrogens (tertiary/aromatic N) is 3. The number of hydrogen-bond donors (Lipinski definition) is 0. The second-order valence-corrected chi connectivity index (χ2v) is 9.60. The first-order chi connectivity index (χ1) is 14.9. The Hall–Kier alpha value is -3.03. The van der Waals surface area contributed by atoms with Crippen molar-refractivity contribution < 1.29 is 13.2 Å². The molecule has 1 amide bonds. The number of aromatic nitrogens is 1. The molecule has 0 unspecified atom stereocenters. The van der Waals surface area contributed by atoms with Gasteiger partial charge in [-0.25, -0.2) is 13.4 Å². The van der Waals surface area contributed by atoms with Crippen molar-refractivity contribution in [2.75, 3.05) is 26.2 Å². The Morgan fingerprint density at radius 2 is 1.71 bits per heavy atom. The summed E-state index contributed by atoms with van der Waals surface area (Å²) >= 11 is 0. The zero-order valence-electron chi connectivity index (χ0n) is 17.4. The molecule has 6 nitrogen and oxygen atoms in total. The minimum absolute atomic E-state index is 0.135. The maximum absolute atomic E-state index is 12.9. The zero-order chi connectivity index (χ0) is 21.8. The highest BCUT2D eigenvalue weighted by molar-refractivity contribution is 7.89. The first-order valence-electron chi connectivity index (χ1n) is 10.3. The molecular weight excluding hydrogens is 410 g/mol. The van der Waals surface area contributed by atoms with Gasteiger partial charge in [0.15, 0.2) is 0 Å². The van der Waals surface area contributed by atoms with Crippen LogP contribution in [0.4, 0.5) is 0 Å². The van der Waals surface area contributed by atoms with Gasteiger partial charge in [-0.3, -0.25) is 4.79 Å². The maximum atomic E-state index is 12.9. The number of rotatable bonds is 4. The minimum Gasteiger partial charge on any atom is -0.338 e. The predicted molar refractivity (Wildman–Crippen MR) is 122 cm³/mol. The van der Waals surface area contributed by atoms with Gasteiger partial charge in [0, 0.05) is 37.6 Å². The second-order valence-electron chi connectivity index (χ2n) is 7.66. The summed E-state index contributed by atoms with van der Waals surface area (Å²) in [6, 6.07) is 18.6. The normalized spacial score (nSPS) is 16.0. The molecule has 0 N–H and O–H groups in total. The average molecular weight is 436 g/mol. The Morgan fingerprint density at radius 1 is 0.935 bits per heavy atom. The molecule has 0 saturated carbocycles. The smallest absolute Gasteiger partial charge is 0.246 e. The van der Waals surface area contributed by atoms with Gasteiger partial charge in [0.1, 0.15) is 0 Å². The summed E-state index contributed by atoms with van der Waals surface area (Å²) in [7, 11) is -3.56. The fourth-order valence-electron chi connectivity index (χ4n) is 3.65. The van der Waals surface area contributed by atoms with Crippen LogP contribution in [0.25, 0.3) is 17.0 Å². The molecule has 31 heavy (non-hydrogen) atoms. The van der Waals surface area contributed by atoms with Gasteiger partial charge in [-0.15, -0.1) is 0 Å². The molecule has 7 heteroatoms. The van der Waals surface area contributed by atoms with Gasteiger partial charge in [-0.05, 0) is 43.7 Å². The number of amides is 1. The molecule has 0 spiro atoms. The van der Waals surface area contributed by atoms with Crippen molar-refractivity contribution in [1.29, 1.82) is 0 Å². The monoisotopic (exact) mass is 435 g/mol. The van der Waals surface area contributed by atoms with Crippen molar-refractivity contribution in [2.45, 2.75) is 18.2 Å². The lowest BCUT2D eigenvalue weighted by atomic mass is 10.2. The first-order valence-corrected chi connectivity index (χ1v) is 11.8. The number of benzene rings is 2. The van der Waals surface area contributed by atoms with Crippen molar-refractivity contribution in [3.05, 3.63) is 78.0 Å². The molecule has 160 valence electrons. The van der Waals surface area contributed by atoms with Crippen LogP contribution in [-0.4, -0.2) is 54.7 Å². The fourth-order valence-corrected chi connectivity index (χ4v) is 5.12. The third-order valence-corrected chi connectivity index (χ3v) is 7.35. The van der Waals surface area contributed by atoms with Crippen molar-refractivity contribution >= 4 is 32.9 Å². The highest BCUT2D eigenvalue weighted by Gasteiger charge is 2.27. The molecule has 1 aromatic heterocycles. The second kappa shape index (κ2) is 8.99. The number of para-hydroxylation sites is 1. The minimum atomic E-state index is -3.56.